The van der Waals surface area contributed by atoms with E-state index in [1.54, 1.807) is 30.3 Å². The lowest BCUT2D eigenvalue weighted by molar-refractivity contribution is 0.102. The van der Waals surface area contributed by atoms with Gasteiger partial charge in [0.2, 0.25) is 0 Å². The third-order valence-electron chi connectivity index (χ3n) is 4.25. The fraction of sp³-hybridized carbons (Fsp3) is 0.174. The Morgan fingerprint density at radius 2 is 1.63 bits per heavy atom. The van der Waals surface area contributed by atoms with E-state index in [0.29, 0.717) is 46.0 Å². The zero-order valence-electron chi connectivity index (χ0n) is 16.5. The van der Waals surface area contributed by atoms with Gasteiger partial charge in [0.05, 0.1) is 21.7 Å². The van der Waals surface area contributed by atoms with Gasteiger partial charge in [0, 0.05) is 11.3 Å². The molecule has 0 unspecified atom stereocenters. The molecule has 0 heterocycles. The number of hydrogen-bond donors (Lipinski definition) is 1. The first-order chi connectivity index (χ1) is 14.4. The molecule has 0 aliphatic heterocycles. The Morgan fingerprint density at radius 1 is 0.900 bits per heavy atom. The Labute approximate surface area is 190 Å². The number of benzene rings is 3. The molecule has 0 aromatic heterocycles. The summed E-state index contributed by atoms with van der Waals surface area (Å²) in [6.45, 7) is 4.60. The summed E-state index contributed by atoms with van der Waals surface area (Å²) < 4.78 is 11.6. The molecule has 0 saturated carbocycles. The Morgan fingerprint density at radius 3 is 2.30 bits per heavy atom. The quantitative estimate of drug-likeness (QED) is 0.402. The molecule has 0 spiro atoms. The van der Waals surface area contributed by atoms with Crippen LogP contribution in [0.5, 0.6) is 11.5 Å². The molecule has 156 valence electrons. The van der Waals surface area contributed by atoms with Crippen LogP contribution in [-0.2, 0) is 6.61 Å². The minimum atomic E-state index is -0.360. The summed E-state index contributed by atoms with van der Waals surface area (Å²) in [7, 11) is 0. The second-order valence-corrected chi connectivity index (χ2v) is 7.80. The predicted octanol–water partition coefficient (Wildman–Crippen LogP) is 7.19. The van der Waals surface area contributed by atoms with Gasteiger partial charge < -0.3 is 14.8 Å². The normalized spacial score (nSPS) is 10.6. The number of nitrogens with one attached hydrogen (secondary N) is 1. The van der Waals surface area contributed by atoms with Crippen LogP contribution in [0.3, 0.4) is 0 Å². The van der Waals surface area contributed by atoms with Crippen LogP contribution in [0.2, 0.25) is 15.1 Å². The monoisotopic (exact) mass is 463 g/mol. The maximum absolute atomic E-state index is 12.7. The fourth-order valence-corrected chi connectivity index (χ4v) is 3.28. The first-order valence-electron chi connectivity index (χ1n) is 9.28. The van der Waals surface area contributed by atoms with Crippen molar-refractivity contribution in [2.24, 2.45) is 0 Å². The molecule has 3 aromatic carbocycles. The number of carbonyl (C=O) groups excluding carboxylic acids is 1. The zero-order valence-corrected chi connectivity index (χ0v) is 18.7. The molecule has 3 rings (SSSR count). The topological polar surface area (TPSA) is 47.6 Å². The highest BCUT2D eigenvalue weighted by molar-refractivity contribution is 6.42. The van der Waals surface area contributed by atoms with Crippen LogP contribution in [0.4, 0.5) is 5.69 Å². The molecule has 7 heteroatoms. The van der Waals surface area contributed by atoms with E-state index < -0.39 is 0 Å². The molecule has 30 heavy (non-hydrogen) atoms. The summed E-state index contributed by atoms with van der Waals surface area (Å²) in [4.78, 5) is 12.7. The van der Waals surface area contributed by atoms with E-state index in [0.717, 1.165) is 5.56 Å². The highest BCUT2D eigenvalue weighted by atomic mass is 35.5. The van der Waals surface area contributed by atoms with E-state index in [4.69, 9.17) is 44.3 Å². The third kappa shape index (κ3) is 5.60. The predicted molar refractivity (Wildman–Crippen MR) is 123 cm³/mol. The lowest BCUT2D eigenvalue weighted by Gasteiger charge is -2.15. The van der Waals surface area contributed by atoms with Crippen molar-refractivity contribution in [1.29, 1.82) is 0 Å². The second kappa shape index (κ2) is 10.1. The largest absolute Gasteiger partial charge is 0.490 e. The van der Waals surface area contributed by atoms with Crippen molar-refractivity contribution >= 4 is 46.4 Å². The van der Waals surface area contributed by atoms with E-state index in [-0.39, 0.29) is 10.9 Å². The molecule has 0 radical (unpaired) electrons. The van der Waals surface area contributed by atoms with E-state index in [2.05, 4.69) is 5.32 Å². The van der Waals surface area contributed by atoms with E-state index >= 15 is 0 Å². The van der Waals surface area contributed by atoms with Crippen molar-refractivity contribution in [2.75, 3.05) is 11.9 Å². The van der Waals surface area contributed by atoms with Crippen molar-refractivity contribution in [3.05, 3.63) is 86.4 Å². The van der Waals surface area contributed by atoms with Crippen LogP contribution in [0, 0.1) is 6.92 Å². The fourth-order valence-electron chi connectivity index (χ4n) is 2.72. The molecule has 1 N–H and O–H groups in total. The van der Waals surface area contributed by atoms with Gasteiger partial charge in [-0.2, -0.15) is 0 Å². The van der Waals surface area contributed by atoms with Crippen LogP contribution in [0.15, 0.2) is 54.6 Å². The summed E-state index contributed by atoms with van der Waals surface area (Å²) in [5.74, 6) is 0.433. The highest BCUT2D eigenvalue weighted by Gasteiger charge is 2.17. The van der Waals surface area contributed by atoms with Gasteiger partial charge in [0.15, 0.2) is 11.5 Å². The maximum atomic E-state index is 12.7. The highest BCUT2D eigenvalue weighted by Crippen LogP contribution is 2.37. The minimum Gasteiger partial charge on any atom is -0.490 e. The number of halogens is 3. The summed E-state index contributed by atoms with van der Waals surface area (Å²) in [5, 5.41) is 3.81. The molecule has 0 aliphatic rings. The van der Waals surface area contributed by atoms with Crippen LogP contribution >= 0.6 is 34.8 Å². The van der Waals surface area contributed by atoms with Gasteiger partial charge in [-0.1, -0.05) is 64.6 Å². The summed E-state index contributed by atoms with van der Waals surface area (Å²) in [5.41, 5.74) is 3.02. The zero-order chi connectivity index (χ0) is 21.7. The Hall–Kier alpha value is -2.40. The number of carbonyl (C=O) groups is 1. The minimum absolute atomic E-state index is 0.285. The van der Waals surface area contributed by atoms with E-state index in [1.807, 2.05) is 38.1 Å². The molecule has 0 aliphatic carbocycles. The summed E-state index contributed by atoms with van der Waals surface area (Å²) in [6, 6.07) is 16.0. The SMILES string of the molecule is CCOc1cc(C(=O)Nc2ccc(Cl)c(Cl)c2)cc(Cl)c1OCc1ccc(C)cc1. The van der Waals surface area contributed by atoms with Gasteiger partial charge in [0.1, 0.15) is 6.61 Å². The first kappa shape index (κ1) is 22.3. The Kier molecular flexibility index (Phi) is 7.48. The molecule has 0 atom stereocenters. The number of anilines is 1. The molecule has 0 saturated heterocycles. The standard InChI is InChI=1S/C23H20Cl3NO3/c1-3-29-21-11-16(23(28)27-17-8-9-18(24)19(25)12-17)10-20(26)22(21)30-13-15-6-4-14(2)5-7-15/h4-12H,3,13H2,1-2H3,(H,27,28). The van der Waals surface area contributed by atoms with Crippen molar-refractivity contribution in [2.45, 2.75) is 20.5 Å². The summed E-state index contributed by atoms with van der Waals surface area (Å²) in [6.07, 6.45) is 0. The molecular weight excluding hydrogens is 445 g/mol. The molecular formula is C23H20Cl3NO3. The van der Waals surface area contributed by atoms with Crippen molar-refractivity contribution in [3.8, 4) is 11.5 Å². The van der Waals surface area contributed by atoms with Crippen molar-refractivity contribution in [3.63, 3.8) is 0 Å². The average Bonchev–Trinajstić information content (AvgIpc) is 2.71. The molecule has 1 amide bonds. The van der Waals surface area contributed by atoms with Crippen LogP contribution in [0.1, 0.15) is 28.4 Å². The van der Waals surface area contributed by atoms with Crippen LogP contribution in [-0.4, -0.2) is 12.5 Å². The second-order valence-electron chi connectivity index (χ2n) is 6.58. The first-order valence-corrected chi connectivity index (χ1v) is 10.4. The molecule has 0 bridgehead atoms. The van der Waals surface area contributed by atoms with Gasteiger partial charge in [-0.3, -0.25) is 4.79 Å². The summed E-state index contributed by atoms with van der Waals surface area (Å²) >= 11 is 18.4. The van der Waals surface area contributed by atoms with Crippen molar-refractivity contribution < 1.29 is 14.3 Å². The lowest BCUT2D eigenvalue weighted by atomic mass is 10.1. The average molecular weight is 465 g/mol. The number of ether oxygens (including phenoxy) is 2. The molecule has 4 nitrogen and oxygen atoms in total. The number of amides is 1. The van der Waals surface area contributed by atoms with Crippen LogP contribution < -0.4 is 14.8 Å². The Bertz CT molecular complexity index is 1050. The van der Waals surface area contributed by atoms with Gasteiger partial charge in [-0.15, -0.1) is 0 Å². The lowest BCUT2D eigenvalue weighted by Crippen LogP contribution is -2.12. The van der Waals surface area contributed by atoms with Crippen molar-refractivity contribution in [1.82, 2.24) is 0 Å². The third-order valence-corrected chi connectivity index (χ3v) is 5.27. The number of hydrogen-bond acceptors (Lipinski definition) is 3. The van der Waals surface area contributed by atoms with E-state index in [1.165, 1.54) is 5.56 Å². The Balaban J connectivity index is 1.81. The maximum Gasteiger partial charge on any atom is 0.255 e. The van der Waals surface area contributed by atoms with E-state index in [9.17, 15) is 4.79 Å². The molecule has 0 fully saturated rings. The smallest absolute Gasteiger partial charge is 0.255 e. The van der Waals surface area contributed by atoms with Gasteiger partial charge in [-0.25, -0.2) is 0 Å². The van der Waals surface area contributed by atoms with Gasteiger partial charge in [0.25, 0.3) is 5.91 Å². The van der Waals surface area contributed by atoms with Crippen LogP contribution in [0.25, 0.3) is 0 Å². The number of rotatable bonds is 7. The number of aryl methyl sites for hydroxylation is 1. The van der Waals surface area contributed by atoms with Gasteiger partial charge >= 0.3 is 0 Å². The van der Waals surface area contributed by atoms with Gasteiger partial charge in [-0.05, 0) is 49.7 Å². The molecule has 3 aromatic rings.